The summed E-state index contributed by atoms with van der Waals surface area (Å²) in [7, 11) is 0. The standard InChI is InChI=1S/C6H12FNO2/c1-3-8(4-2)6(9)10-5-7/h3-5H2,1-2H3. The molecule has 0 saturated heterocycles. The molecule has 0 heterocycles. The van der Waals surface area contributed by atoms with Gasteiger partial charge in [0.15, 0.2) is 0 Å². The summed E-state index contributed by atoms with van der Waals surface area (Å²) in [5.74, 6) is 0. The lowest BCUT2D eigenvalue weighted by atomic mass is 10.6. The molecule has 0 aliphatic rings. The molecule has 0 aromatic carbocycles. The van der Waals surface area contributed by atoms with E-state index in [-0.39, 0.29) is 0 Å². The number of rotatable bonds is 3. The van der Waals surface area contributed by atoms with Crippen LogP contribution in [-0.4, -0.2) is 30.9 Å². The molecule has 4 heteroatoms. The molecule has 60 valence electrons. The number of alkyl halides is 1. The predicted octanol–water partition coefficient (Wildman–Crippen LogP) is 1.39. The summed E-state index contributed by atoms with van der Waals surface area (Å²) in [5.41, 5.74) is 0. The molecular weight excluding hydrogens is 137 g/mol. The molecule has 0 rings (SSSR count). The first kappa shape index (κ1) is 9.20. The predicted molar refractivity (Wildman–Crippen MR) is 35.4 cm³/mol. The van der Waals surface area contributed by atoms with Gasteiger partial charge in [-0.1, -0.05) is 0 Å². The van der Waals surface area contributed by atoms with Crippen LogP contribution in [0.4, 0.5) is 9.18 Å². The van der Waals surface area contributed by atoms with Crippen molar-refractivity contribution in [2.75, 3.05) is 20.0 Å². The van der Waals surface area contributed by atoms with Crippen molar-refractivity contribution < 1.29 is 13.9 Å². The maximum absolute atomic E-state index is 11.4. The number of carbonyl (C=O) groups is 1. The maximum Gasteiger partial charge on any atom is 0.412 e. The van der Waals surface area contributed by atoms with Gasteiger partial charge in [-0.15, -0.1) is 0 Å². The van der Waals surface area contributed by atoms with Crippen molar-refractivity contribution in [3.63, 3.8) is 0 Å². The Kier molecular flexibility index (Phi) is 4.62. The Balaban J connectivity index is 3.65. The first-order chi connectivity index (χ1) is 4.76. The molecule has 0 aromatic heterocycles. The van der Waals surface area contributed by atoms with Gasteiger partial charge in [0.25, 0.3) is 0 Å². The highest BCUT2D eigenvalue weighted by molar-refractivity contribution is 5.67. The first-order valence-electron chi connectivity index (χ1n) is 3.23. The number of halogens is 1. The van der Waals surface area contributed by atoms with Crippen molar-refractivity contribution in [3.05, 3.63) is 0 Å². The minimum absolute atomic E-state index is 0.551. The molecule has 0 N–H and O–H groups in total. The molecule has 0 unspecified atom stereocenters. The van der Waals surface area contributed by atoms with E-state index in [0.29, 0.717) is 13.1 Å². The Labute approximate surface area is 59.8 Å². The van der Waals surface area contributed by atoms with E-state index in [4.69, 9.17) is 0 Å². The van der Waals surface area contributed by atoms with Gasteiger partial charge in [0, 0.05) is 13.1 Å². The number of hydrogen-bond acceptors (Lipinski definition) is 2. The van der Waals surface area contributed by atoms with E-state index in [9.17, 15) is 9.18 Å². The molecule has 0 aliphatic carbocycles. The molecule has 0 radical (unpaired) electrons. The lowest BCUT2D eigenvalue weighted by molar-refractivity contribution is 0.0676. The largest absolute Gasteiger partial charge is 0.417 e. The Bertz CT molecular complexity index is 104. The Morgan fingerprint density at radius 2 is 2.00 bits per heavy atom. The van der Waals surface area contributed by atoms with Gasteiger partial charge in [-0.3, -0.25) is 0 Å². The van der Waals surface area contributed by atoms with E-state index < -0.39 is 13.0 Å². The lowest BCUT2D eigenvalue weighted by Crippen LogP contribution is -2.30. The van der Waals surface area contributed by atoms with Crippen molar-refractivity contribution in [1.29, 1.82) is 0 Å². The molecule has 0 fully saturated rings. The summed E-state index contributed by atoms with van der Waals surface area (Å²) >= 11 is 0. The van der Waals surface area contributed by atoms with Crippen LogP contribution in [0, 0.1) is 0 Å². The van der Waals surface area contributed by atoms with Crippen LogP contribution in [0.25, 0.3) is 0 Å². The Morgan fingerprint density at radius 1 is 1.50 bits per heavy atom. The van der Waals surface area contributed by atoms with Crippen LogP contribution in [0.15, 0.2) is 0 Å². The summed E-state index contributed by atoms with van der Waals surface area (Å²) in [6.07, 6.45) is -0.590. The zero-order valence-corrected chi connectivity index (χ0v) is 6.26. The molecule has 0 aliphatic heterocycles. The van der Waals surface area contributed by atoms with Crippen LogP contribution in [0.5, 0.6) is 0 Å². The van der Waals surface area contributed by atoms with Gasteiger partial charge in [0.2, 0.25) is 6.86 Å². The van der Waals surface area contributed by atoms with Crippen LogP contribution in [0.3, 0.4) is 0 Å². The second-order valence-corrected chi connectivity index (χ2v) is 1.69. The SMILES string of the molecule is CCN(CC)C(=O)OCF. The summed E-state index contributed by atoms with van der Waals surface area (Å²) < 4.78 is 15.5. The number of nitrogens with zero attached hydrogens (tertiary/aromatic N) is 1. The van der Waals surface area contributed by atoms with E-state index in [0.717, 1.165) is 0 Å². The molecule has 0 spiro atoms. The molecule has 0 bridgehead atoms. The zero-order valence-electron chi connectivity index (χ0n) is 6.26. The second kappa shape index (κ2) is 5.02. The first-order valence-corrected chi connectivity index (χ1v) is 3.23. The lowest BCUT2D eigenvalue weighted by Gasteiger charge is -2.16. The molecule has 3 nitrogen and oxygen atoms in total. The van der Waals surface area contributed by atoms with Gasteiger partial charge in [0.1, 0.15) is 0 Å². The molecule has 0 atom stereocenters. The van der Waals surface area contributed by atoms with Gasteiger partial charge in [-0.25, -0.2) is 9.18 Å². The van der Waals surface area contributed by atoms with E-state index >= 15 is 0 Å². The average molecular weight is 149 g/mol. The van der Waals surface area contributed by atoms with Gasteiger partial charge in [-0.05, 0) is 13.8 Å². The third-order valence-corrected chi connectivity index (χ3v) is 1.20. The van der Waals surface area contributed by atoms with Crippen molar-refractivity contribution >= 4 is 6.09 Å². The number of ether oxygens (including phenoxy) is 1. The van der Waals surface area contributed by atoms with Gasteiger partial charge < -0.3 is 9.64 Å². The zero-order chi connectivity index (χ0) is 7.98. The summed E-state index contributed by atoms with van der Waals surface area (Å²) in [6, 6.07) is 0. The highest BCUT2D eigenvalue weighted by Crippen LogP contribution is 1.92. The highest BCUT2D eigenvalue weighted by Gasteiger charge is 2.08. The maximum atomic E-state index is 11.4. The van der Waals surface area contributed by atoms with Crippen molar-refractivity contribution in [3.8, 4) is 0 Å². The average Bonchev–Trinajstić information content (AvgIpc) is 1.91. The van der Waals surface area contributed by atoms with Crippen molar-refractivity contribution in [1.82, 2.24) is 4.90 Å². The van der Waals surface area contributed by atoms with Crippen LogP contribution >= 0.6 is 0 Å². The molecular formula is C6H12FNO2. The van der Waals surface area contributed by atoms with E-state index in [1.165, 1.54) is 4.90 Å². The minimum atomic E-state index is -1.05. The Morgan fingerprint density at radius 3 is 2.30 bits per heavy atom. The summed E-state index contributed by atoms with van der Waals surface area (Å²) in [4.78, 5) is 12.1. The van der Waals surface area contributed by atoms with Gasteiger partial charge >= 0.3 is 6.09 Å². The van der Waals surface area contributed by atoms with E-state index in [2.05, 4.69) is 4.74 Å². The van der Waals surface area contributed by atoms with E-state index in [1.807, 2.05) is 13.8 Å². The summed E-state index contributed by atoms with van der Waals surface area (Å²) in [5, 5.41) is 0. The molecule has 0 saturated carbocycles. The van der Waals surface area contributed by atoms with Gasteiger partial charge in [-0.2, -0.15) is 0 Å². The van der Waals surface area contributed by atoms with Crippen molar-refractivity contribution in [2.45, 2.75) is 13.8 Å². The van der Waals surface area contributed by atoms with Crippen LogP contribution < -0.4 is 0 Å². The smallest absolute Gasteiger partial charge is 0.412 e. The van der Waals surface area contributed by atoms with E-state index in [1.54, 1.807) is 0 Å². The van der Waals surface area contributed by atoms with Gasteiger partial charge in [0.05, 0.1) is 0 Å². The molecule has 1 amide bonds. The number of hydrogen-bond donors (Lipinski definition) is 0. The minimum Gasteiger partial charge on any atom is -0.417 e. The fraction of sp³-hybridized carbons (Fsp3) is 0.833. The second-order valence-electron chi connectivity index (χ2n) is 1.69. The quantitative estimate of drug-likeness (QED) is 0.606. The third-order valence-electron chi connectivity index (χ3n) is 1.20. The number of carbonyl (C=O) groups excluding carboxylic acids is 1. The van der Waals surface area contributed by atoms with Crippen LogP contribution in [0.1, 0.15) is 13.8 Å². The number of amides is 1. The van der Waals surface area contributed by atoms with Crippen molar-refractivity contribution in [2.24, 2.45) is 0 Å². The summed E-state index contributed by atoms with van der Waals surface area (Å²) in [6.45, 7) is 3.67. The normalized spacial score (nSPS) is 9.10. The van der Waals surface area contributed by atoms with Crippen LogP contribution in [-0.2, 0) is 4.74 Å². The molecule has 10 heavy (non-hydrogen) atoms. The Hall–Kier alpha value is -0.800. The third kappa shape index (κ3) is 2.66. The topological polar surface area (TPSA) is 29.5 Å². The monoisotopic (exact) mass is 149 g/mol. The highest BCUT2D eigenvalue weighted by atomic mass is 19.1. The van der Waals surface area contributed by atoms with Crippen LogP contribution in [0.2, 0.25) is 0 Å². The fourth-order valence-electron chi connectivity index (χ4n) is 0.620. The molecule has 0 aromatic rings. The fourth-order valence-corrected chi connectivity index (χ4v) is 0.620.